The van der Waals surface area contributed by atoms with Gasteiger partial charge in [0.2, 0.25) is 0 Å². The topological polar surface area (TPSA) is 85.3 Å². The molecule has 2 aromatic rings. The van der Waals surface area contributed by atoms with Crippen molar-refractivity contribution < 1.29 is 28.9 Å². The molecule has 0 bridgehead atoms. The molecule has 32 heavy (non-hydrogen) atoms. The highest BCUT2D eigenvalue weighted by Crippen LogP contribution is 2.40. The summed E-state index contributed by atoms with van der Waals surface area (Å²) < 4.78 is 16.1. The number of rotatable bonds is 10. The number of aliphatic hydroxyl groups excluding tert-OH is 1. The van der Waals surface area contributed by atoms with Gasteiger partial charge in [-0.3, -0.25) is 9.59 Å². The van der Waals surface area contributed by atoms with Gasteiger partial charge in [-0.15, -0.1) is 0 Å². The van der Waals surface area contributed by atoms with Crippen LogP contribution in [0.5, 0.6) is 11.5 Å². The predicted molar refractivity (Wildman–Crippen MR) is 121 cm³/mol. The molecule has 0 unspecified atom stereocenters. The first kappa shape index (κ1) is 23.3. The second kappa shape index (κ2) is 10.8. The Bertz CT molecular complexity index is 965. The summed E-state index contributed by atoms with van der Waals surface area (Å²) in [5.74, 6) is -0.220. The van der Waals surface area contributed by atoms with Gasteiger partial charge in [-0.25, -0.2) is 0 Å². The van der Waals surface area contributed by atoms with Crippen LogP contribution < -0.4 is 9.47 Å². The molecule has 1 fully saturated rings. The first-order valence-corrected chi connectivity index (χ1v) is 10.7. The van der Waals surface area contributed by atoms with Crippen LogP contribution in [0.25, 0.3) is 5.76 Å². The van der Waals surface area contributed by atoms with Gasteiger partial charge >= 0.3 is 0 Å². The fraction of sp³-hybridized carbons (Fsp3) is 0.360. The van der Waals surface area contributed by atoms with Crippen molar-refractivity contribution >= 4 is 17.4 Å². The lowest BCUT2D eigenvalue weighted by Crippen LogP contribution is -2.31. The monoisotopic (exact) mass is 439 g/mol. The molecule has 0 saturated carbocycles. The van der Waals surface area contributed by atoms with Crippen LogP contribution in [0.15, 0.2) is 54.1 Å². The number of ketones is 1. The van der Waals surface area contributed by atoms with E-state index < -0.39 is 17.7 Å². The normalized spacial score (nSPS) is 17.6. The van der Waals surface area contributed by atoms with Crippen LogP contribution in [0.4, 0.5) is 0 Å². The molecule has 0 spiro atoms. The third kappa shape index (κ3) is 4.94. The standard InChI is InChI=1S/C25H29NO6/c1-4-31-16-6-15-26-22(17-7-13-20(14-8-17)32-5-2)21(24(28)25(26)29)23(27)18-9-11-19(30-3)12-10-18/h7-14,22,27H,4-6,15-16H2,1-3H3/t22-/m0/s1. The fourth-order valence-electron chi connectivity index (χ4n) is 3.76. The van der Waals surface area contributed by atoms with Gasteiger partial charge in [-0.2, -0.15) is 0 Å². The average molecular weight is 440 g/mol. The Morgan fingerprint density at radius 1 is 0.969 bits per heavy atom. The van der Waals surface area contributed by atoms with Gasteiger partial charge in [0.1, 0.15) is 17.3 Å². The van der Waals surface area contributed by atoms with Gasteiger partial charge in [0.05, 0.1) is 25.3 Å². The second-order valence-electron chi connectivity index (χ2n) is 7.27. The number of ether oxygens (including phenoxy) is 3. The summed E-state index contributed by atoms with van der Waals surface area (Å²) in [6.45, 7) is 5.73. The zero-order valence-electron chi connectivity index (χ0n) is 18.7. The average Bonchev–Trinajstić information content (AvgIpc) is 3.07. The molecule has 1 amide bonds. The number of nitrogens with zero attached hydrogens (tertiary/aromatic N) is 1. The molecule has 0 radical (unpaired) electrons. The number of aliphatic hydroxyl groups is 1. The van der Waals surface area contributed by atoms with Crippen molar-refractivity contribution in [2.45, 2.75) is 26.3 Å². The summed E-state index contributed by atoms with van der Waals surface area (Å²) in [5, 5.41) is 11.1. The van der Waals surface area contributed by atoms with Gasteiger partial charge in [-0.05, 0) is 62.2 Å². The smallest absolute Gasteiger partial charge is 0.295 e. The Morgan fingerprint density at radius 3 is 2.22 bits per heavy atom. The molecular weight excluding hydrogens is 410 g/mol. The van der Waals surface area contributed by atoms with Crippen LogP contribution in [0.2, 0.25) is 0 Å². The Hall–Kier alpha value is -3.32. The molecule has 3 rings (SSSR count). The van der Waals surface area contributed by atoms with Crippen LogP contribution >= 0.6 is 0 Å². The van der Waals surface area contributed by atoms with Gasteiger partial charge in [0.25, 0.3) is 11.7 Å². The molecule has 7 heteroatoms. The molecule has 1 atom stereocenters. The molecule has 0 aliphatic carbocycles. The van der Waals surface area contributed by atoms with Crippen LogP contribution in [0.3, 0.4) is 0 Å². The summed E-state index contributed by atoms with van der Waals surface area (Å²) in [6, 6.07) is 13.2. The van der Waals surface area contributed by atoms with Crippen molar-refractivity contribution in [1.82, 2.24) is 4.90 Å². The molecule has 2 aromatic carbocycles. The highest BCUT2D eigenvalue weighted by molar-refractivity contribution is 6.46. The summed E-state index contributed by atoms with van der Waals surface area (Å²) in [6.07, 6.45) is 0.580. The molecule has 1 saturated heterocycles. The van der Waals surface area contributed by atoms with E-state index in [1.54, 1.807) is 43.5 Å². The maximum Gasteiger partial charge on any atom is 0.295 e. The first-order chi connectivity index (χ1) is 15.5. The van der Waals surface area contributed by atoms with Gasteiger partial charge in [0.15, 0.2) is 0 Å². The number of carbonyl (C=O) groups is 2. The van der Waals surface area contributed by atoms with E-state index in [1.165, 1.54) is 4.90 Å². The highest BCUT2D eigenvalue weighted by Gasteiger charge is 2.45. The predicted octanol–water partition coefficient (Wildman–Crippen LogP) is 3.94. The Morgan fingerprint density at radius 2 is 1.62 bits per heavy atom. The van der Waals surface area contributed by atoms with Gasteiger partial charge in [-0.1, -0.05) is 12.1 Å². The zero-order chi connectivity index (χ0) is 23.1. The van der Waals surface area contributed by atoms with E-state index in [4.69, 9.17) is 14.2 Å². The third-order valence-corrected chi connectivity index (χ3v) is 5.30. The van der Waals surface area contributed by atoms with Gasteiger partial charge in [0, 0.05) is 25.3 Å². The quantitative estimate of drug-likeness (QED) is 0.261. The van der Waals surface area contributed by atoms with E-state index in [0.29, 0.717) is 49.8 Å². The van der Waals surface area contributed by atoms with Crippen molar-refractivity contribution in [2.24, 2.45) is 0 Å². The molecular formula is C25H29NO6. The lowest BCUT2D eigenvalue weighted by atomic mass is 9.95. The summed E-state index contributed by atoms with van der Waals surface area (Å²) >= 11 is 0. The lowest BCUT2D eigenvalue weighted by Gasteiger charge is -2.25. The molecule has 170 valence electrons. The Kier molecular flexibility index (Phi) is 7.89. The lowest BCUT2D eigenvalue weighted by molar-refractivity contribution is -0.140. The molecule has 0 aromatic heterocycles. The minimum absolute atomic E-state index is 0.0701. The number of benzene rings is 2. The van der Waals surface area contributed by atoms with Crippen molar-refractivity contribution in [3.05, 3.63) is 65.2 Å². The molecule has 1 heterocycles. The first-order valence-electron chi connectivity index (χ1n) is 10.7. The van der Waals surface area contributed by atoms with Crippen molar-refractivity contribution in [3.8, 4) is 11.5 Å². The van der Waals surface area contributed by atoms with E-state index in [2.05, 4.69) is 0 Å². The Labute approximate surface area is 188 Å². The Balaban J connectivity index is 2.03. The number of amides is 1. The minimum atomic E-state index is -0.700. The van der Waals surface area contributed by atoms with E-state index in [1.807, 2.05) is 26.0 Å². The summed E-state index contributed by atoms with van der Waals surface area (Å²) in [5.41, 5.74) is 1.23. The summed E-state index contributed by atoms with van der Waals surface area (Å²) in [4.78, 5) is 27.4. The highest BCUT2D eigenvalue weighted by atomic mass is 16.5. The molecule has 1 N–H and O–H groups in total. The number of hydrogen-bond acceptors (Lipinski definition) is 6. The van der Waals surface area contributed by atoms with Gasteiger partial charge < -0.3 is 24.2 Å². The minimum Gasteiger partial charge on any atom is -0.507 e. The van der Waals surface area contributed by atoms with E-state index in [0.717, 1.165) is 5.56 Å². The van der Waals surface area contributed by atoms with Crippen molar-refractivity contribution in [2.75, 3.05) is 33.5 Å². The number of likely N-dealkylation sites (tertiary alicyclic amines) is 1. The van der Waals surface area contributed by atoms with Crippen LogP contribution in [-0.2, 0) is 14.3 Å². The summed E-state index contributed by atoms with van der Waals surface area (Å²) in [7, 11) is 1.55. The maximum atomic E-state index is 13.0. The van der Waals surface area contributed by atoms with E-state index in [-0.39, 0.29) is 11.3 Å². The van der Waals surface area contributed by atoms with E-state index in [9.17, 15) is 14.7 Å². The zero-order valence-corrected chi connectivity index (χ0v) is 18.7. The van der Waals surface area contributed by atoms with Crippen molar-refractivity contribution in [1.29, 1.82) is 0 Å². The van der Waals surface area contributed by atoms with Crippen LogP contribution in [-0.4, -0.2) is 55.2 Å². The third-order valence-electron chi connectivity index (χ3n) is 5.30. The SMILES string of the molecule is CCOCCCN1C(=O)C(=O)C(=C(O)c2ccc(OC)cc2)[C@@H]1c1ccc(OCC)cc1. The largest absolute Gasteiger partial charge is 0.507 e. The maximum absolute atomic E-state index is 13.0. The molecule has 1 aliphatic heterocycles. The number of Topliss-reactive ketones (excluding diaryl/α,β-unsaturated/α-hetero) is 1. The number of carbonyl (C=O) groups excluding carboxylic acids is 2. The fourth-order valence-corrected chi connectivity index (χ4v) is 3.76. The van der Waals surface area contributed by atoms with Crippen LogP contribution in [0, 0.1) is 0 Å². The van der Waals surface area contributed by atoms with E-state index >= 15 is 0 Å². The number of methoxy groups -OCH3 is 1. The number of hydrogen-bond donors (Lipinski definition) is 1. The molecule has 7 nitrogen and oxygen atoms in total. The molecule has 1 aliphatic rings. The van der Waals surface area contributed by atoms with Crippen LogP contribution in [0.1, 0.15) is 37.4 Å². The second-order valence-corrected chi connectivity index (χ2v) is 7.27. The van der Waals surface area contributed by atoms with Crippen molar-refractivity contribution in [3.63, 3.8) is 0 Å².